The number of nitrogens with two attached hydrogens (primary N) is 1. The number of hydrogen-bond donors (Lipinski definition) is 4. The number of nitrogens with one attached hydrogen (secondary N) is 1. The Kier molecular flexibility index (Phi) is 12.4. The van der Waals surface area contributed by atoms with Gasteiger partial charge in [-0.2, -0.15) is 0 Å². The molecule has 1 heterocycles. The summed E-state index contributed by atoms with van der Waals surface area (Å²) in [4.78, 5) is 37.1. The summed E-state index contributed by atoms with van der Waals surface area (Å²) in [5, 5.41) is 24.0. The van der Waals surface area contributed by atoms with E-state index < -0.39 is 54.2 Å². The van der Waals surface area contributed by atoms with Gasteiger partial charge in [-0.1, -0.05) is 50.6 Å². The van der Waals surface area contributed by atoms with Gasteiger partial charge in [-0.05, 0) is 43.5 Å². The number of fused-ring (bicyclic) bond motifs is 2. The molecule has 1 aliphatic rings. The number of rotatable bonds is 4. The van der Waals surface area contributed by atoms with Crippen LogP contribution in [0.5, 0.6) is 5.75 Å². The van der Waals surface area contributed by atoms with E-state index in [2.05, 4.69) is 5.32 Å². The third-order valence-electron chi connectivity index (χ3n) is 6.55. The molecule has 1 aromatic carbocycles. The summed E-state index contributed by atoms with van der Waals surface area (Å²) in [6, 6.07) is 4.82. The smallest absolute Gasteiger partial charge is 0.404 e. The van der Waals surface area contributed by atoms with Gasteiger partial charge in [-0.25, -0.2) is 4.79 Å². The Morgan fingerprint density at radius 3 is 2.48 bits per heavy atom. The van der Waals surface area contributed by atoms with Crippen LogP contribution in [0.4, 0.5) is 10.5 Å². The first-order valence-electron chi connectivity index (χ1n) is 13.3. The van der Waals surface area contributed by atoms with E-state index in [-0.39, 0.29) is 18.6 Å². The normalized spacial score (nSPS) is 28.4. The van der Waals surface area contributed by atoms with Gasteiger partial charge in [0, 0.05) is 31.2 Å². The summed E-state index contributed by atoms with van der Waals surface area (Å²) in [7, 11) is 1.46. The average Bonchev–Trinajstić information content (AvgIpc) is 2.84. The fraction of sp³-hybridized carbons (Fsp3) is 0.500. The minimum atomic E-state index is -0.997. The molecule has 40 heavy (non-hydrogen) atoms. The minimum Gasteiger partial charge on any atom is -0.508 e. The fourth-order valence-corrected chi connectivity index (χ4v) is 4.35. The van der Waals surface area contributed by atoms with Crippen LogP contribution in [0.25, 0.3) is 0 Å². The zero-order chi connectivity index (χ0) is 30.0. The van der Waals surface area contributed by atoms with E-state index >= 15 is 0 Å². The van der Waals surface area contributed by atoms with Crippen molar-refractivity contribution in [1.82, 2.24) is 0 Å². The van der Waals surface area contributed by atoms with E-state index in [1.54, 1.807) is 58.1 Å². The van der Waals surface area contributed by atoms with Crippen LogP contribution < -0.4 is 11.1 Å². The maximum absolute atomic E-state index is 13.0. The van der Waals surface area contributed by atoms with Crippen LogP contribution in [0.15, 0.2) is 53.6 Å². The average molecular weight is 559 g/mol. The summed E-state index contributed by atoms with van der Waals surface area (Å²) in [6.45, 7) is 8.78. The molecule has 10 heteroatoms. The van der Waals surface area contributed by atoms with Crippen molar-refractivity contribution in [2.75, 3.05) is 12.4 Å². The minimum absolute atomic E-state index is 0.00500. The SMILES string of the molecule is CO[C@@H]1/C=C/C=C(\C)Cc2cc(O)cc(c2)NC(=O)C[C@H](OC(=O)C(C)C)/C(C)=C/[C@H](C)[C@@H](O)C[C@@H]1OC(N)=O. The largest absolute Gasteiger partial charge is 0.508 e. The number of aliphatic hydroxyl groups is 1. The number of methoxy groups -OCH3 is 1. The van der Waals surface area contributed by atoms with Crippen molar-refractivity contribution in [3.8, 4) is 5.75 Å². The van der Waals surface area contributed by atoms with Gasteiger partial charge in [0.05, 0.1) is 18.4 Å². The van der Waals surface area contributed by atoms with E-state index in [1.165, 1.54) is 13.2 Å². The second-order valence-corrected chi connectivity index (χ2v) is 10.5. The Morgan fingerprint density at radius 1 is 1.15 bits per heavy atom. The quantitative estimate of drug-likeness (QED) is 0.317. The number of esters is 1. The van der Waals surface area contributed by atoms with Gasteiger partial charge < -0.3 is 35.5 Å². The van der Waals surface area contributed by atoms with Crippen molar-refractivity contribution in [3.05, 3.63) is 59.2 Å². The van der Waals surface area contributed by atoms with Gasteiger partial charge in [0.1, 0.15) is 24.1 Å². The van der Waals surface area contributed by atoms with Crippen LogP contribution >= 0.6 is 0 Å². The van der Waals surface area contributed by atoms with Gasteiger partial charge in [-0.3, -0.25) is 9.59 Å². The Labute approximate surface area is 235 Å². The van der Waals surface area contributed by atoms with Crippen LogP contribution in [0, 0.1) is 11.8 Å². The number of carbonyl (C=O) groups is 3. The van der Waals surface area contributed by atoms with Gasteiger partial charge >= 0.3 is 12.1 Å². The van der Waals surface area contributed by atoms with Crippen LogP contribution in [0.1, 0.15) is 53.0 Å². The molecule has 2 amide bonds. The molecule has 2 rings (SSSR count). The molecule has 5 atom stereocenters. The molecule has 2 bridgehead atoms. The maximum Gasteiger partial charge on any atom is 0.404 e. The summed E-state index contributed by atoms with van der Waals surface area (Å²) in [5.41, 5.74) is 7.99. The zero-order valence-electron chi connectivity index (χ0n) is 24.0. The monoisotopic (exact) mass is 558 g/mol. The third kappa shape index (κ3) is 10.5. The lowest BCUT2D eigenvalue weighted by atomic mass is 9.93. The number of carbonyl (C=O) groups excluding carboxylic acids is 3. The molecule has 0 fully saturated rings. The molecular formula is C30H42N2O8. The second-order valence-electron chi connectivity index (χ2n) is 10.5. The number of phenols is 1. The fourth-order valence-electron chi connectivity index (χ4n) is 4.35. The lowest BCUT2D eigenvalue weighted by Gasteiger charge is -2.27. The van der Waals surface area contributed by atoms with Gasteiger partial charge in [0.25, 0.3) is 0 Å². The molecule has 1 aromatic rings. The van der Waals surface area contributed by atoms with Gasteiger partial charge in [0.2, 0.25) is 5.91 Å². The van der Waals surface area contributed by atoms with Gasteiger partial charge in [-0.15, -0.1) is 0 Å². The first-order valence-corrected chi connectivity index (χ1v) is 13.3. The van der Waals surface area contributed by atoms with Crippen molar-refractivity contribution >= 4 is 23.7 Å². The Morgan fingerprint density at radius 2 is 1.85 bits per heavy atom. The Hall–Kier alpha value is -3.63. The molecule has 220 valence electrons. The predicted molar refractivity (Wildman–Crippen MR) is 151 cm³/mol. The number of anilines is 1. The maximum atomic E-state index is 13.0. The van der Waals surface area contributed by atoms with E-state index in [0.29, 0.717) is 17.7 Å². The molecule has 0 aromatic heterocycles. The molecule has 0 spiro atoms. The zero-order valence-corrected chi connectivity index (χ0v) is 24.0. The van der Waals surface area contributed by atoms with Crippen molar-refractivity contribution in [2.45, 2.75) is 78.3 Å². The second kappa shape index (κ2) is 15.2. The van der Waals surface area contributed by atoms with E-state index in [9.17, 15) is 24.6 Å². The summed E-state index contributed by atoms with van der Waals surface area (Å²) in [6.07, 6.45) is 2.92. The first kappa shape index (κ1) is 32.6. The number of aliphatic hydroxyl groups excluding tert-OH is 1. The van der Waals surface area contributed by atoms with E-state index in [4.69, 9.17) is 19.9 Å². The van der Waals surface area contributed by atoms with Crippen LogP contribution in [-0.4, -0.2) is 59.7 Å². The lowest BCUT2D eigenvalue weighted by molar-refractivity contribution is -0.151. The number of benzene rings is 1. The number of amides is 2. The third-order valence-corrected chi connectivity index (χ3v) is 6.55. The highest BCUT2D eigenvalue weighted by molar-refractivity contribution is 5.91. The number of phenolic OH excluding ortho intramolecular Hbond substituents is 1. The summed E-state index contributed by atoms with van der Waals surface area (Å²) < 4.78 is 16.5. The van der Waals surface area contributed by atoms with Crippen molar-refractivity contribution < 1.29 is 38.8 Å². The highest BCUT2D eigenvalue weighted by atomic mass is 16.6. The topological polar surface area (TPSA) is 157 Å². The number of ether oxygens (including phenoxy) is 3. The molecule has 5 N–H and O–H groups in total. The molecular weight excluding hydrogens is 516 g/mol. The number of allylic oxidation sites excluding steroid dienone is 3. The van der Waals surface area contributed by atoms with E-state index in [0.717, 1.165) is 11.1 Å². The highest BCUT2D eigenvalue weighted by Gasteiger charge is 2.29. The molecule has 0 unspecified atom stereocenters. The summed E-state index contributed by atoms with van der Waals surface area (Å²) >= 11 is 0. The highest BCUT2D eigenvalue weighted by Crippen LogP contribution is 2.25. The molecule has 0 saturated heterocycles. The number of hydrogen-bond acceptors (Lipinski definition) is 8. The van der Waals surface area contributed by atoms with Crippen molar-refractivity contribution in [3.63, 3.8) is 0 Å². The van der Waals surface area contributed by atoms with E-state index in [1.807, 2.05) is 13.0 Å². The summed E-state index contributed by atoms with van der Waals surface area (Å²) in [5.74, 6) is -1.77. The molecule has 0 radical (unpaired) electrons. The number of aromatic hydroxyl groups is 1. The standard InChI is InChI=1S/C30H42N2O8/c1-17(2)29(36)39-26-16-28(35)32-22-12-21(13-23(33)14-22)10-18(3)8-7-9-25(38-6)27(40-30(31)37)15-24(34)19(4)11-20(26)5/h7-9,11-14,17,19,24-27,33-34H,10,15-16H2,1-6H3,(H2,31,37)(H,32,35)/b9-7+,18-8+,20-11+/t19-,24-,25+,26-,27-/m0/s1. The van der Waals surface area contributed by atoms with Crippen molar-refractivity contribution in [1.29, 1.82) is 0 Å². The molecule has 10 nitrogen and oxygen atoms in total. The molecule has 0 aliphatic carbocycles. The van der Waals surface area contributed by atoms with Gasteiger partial charge in [0.15, 0.2) is 0 Å². The Bertz CT molecular complexity index is 1140. The lowest BCUT2D eigenvalue weighted by Crippen LogP contribution is -2.37. The van der Waals surface area contributed by atoms with Crippen LogP contribution in [-0.2, 0) is 30.2 Å². The van der Waals surface area contributed by atoms with Crippen LogP contribution in [0.2, 0.25) is 0 Å². The van der Waals surface area contributed by atoms with Crippen molar-refractivity contribution in [2.24, 2.45) is 17.6 Å². The first-order chi connectivity index (χ1) is 18.8. The van der Waals surface area contributed by atoms with Crippen LogP contribution in [0.3, 0.4) is 0 Å². The Balaban J connectivity index is 2.54. The molecule has 0 saturated carbocycles. The molecule has 1 aliphatic heterocycles. The predicted octanol–water partition coefficient (Wildman–Crippen LogP) is 4.16. The number of primary amides is 1.